The number of hydrogen-bond donors (Lipinski definition) is 2. The first-order valence-corrected chi connectivity index (χ1v) is 8.38. The van der Waals surface area contributed by atoms with Gasteiger partial charge in [-0.25, -0.2) is 14.8 Å². The number of amides is 2. The first-order chi connectivity index (χ1) is 11.6. The van der Waals surface area contributed by atoms with Crippen LogP contribution in [-0.2, 0) is 13.0 Å². The zero-order valence-corrected chi connectivity index (χ0v) is 14.2. The lowest BCUT2D eigenvalue weighted by molar-refractivity contribution is 0.219. The van der Waals surface area contributed by atoms with Gasteiger partial charge in [0.2, 0.25) is 0 Å². The van der Waals surface area contributed by atoms with Crippen molar-refractivity contribution in [2.24, 2.45) is 0 Å². The second-order valence-electron chi connectivity index (χ2n) is 5.34. The first-order valence-electron chi connectivity index (χ1n) is 7.50. The molecular formula is C16H17N5O2S. The summed E-state index contributed by atoms with van der Waals surface area (Å²) in [6, 6.07) is 5.16. The van der Waals surface area contributed by atoms with Crippen LogP contribution in [0.3, 0.4) is 0 Å². The maximum atomic E-state index is 12.2. The molecule has 0 spiro atoms. The predicted molar refractivity (Wildman–Crippen MR) is 94.3 cm³/mol. The Labute approximate surface area is 142 Å². The van der Waals surface area contributed by atoms with E-state index in [1.165, 1.54) is 16.2 Å². The van der Waals surface area contributed by atoms with Gasteiger partial charge in [-0.1, -0.05) is 13.0 Å². The van der Waals surface area contributed by atoms with E-state index >= 15 is 0 Å². The van der Waals surface area contributed by atoms with E-state index in [0.717, 1.165) is 12.0 Å². The quantitative estimate of drug-likeness (QED) is 0.762. The van der Waals surface area contributed by atoms with Gasteiger partial charge in [-0.05, 0) is 29.5 Å². The van der Waals surface area contributed by atoms with Crippen LogP contribution in [0.1, 0.15) is 18.3 Å². The molecule has 7 nitrogen and oxygen atoms in total. The molecule has 0 atom stereocenters. The van der Waals surface area contributed by atoms with Crippen molar-refractivity contribution in [3.8, 4) is 0 Å². The minimum absolute atomic E-state index is 0.185. The Bertz CT molecular complexity index is 916. The van der Waals surface area contributed by atoms with Gasteiger partial charge in [0.05, 0.1) is 12.1 Å². The van der Waals surface area contributed by atoms with E-state index < -0.39 is 0 Å². The van der Waals surface area contributed by atoms with E-state index in [4.69, 9.17) is 0 Å². The standard InChI is InChI=1S/C16H17N5O2S/c1-3-10-4-5-12(17-8-10)20-16(23)21(2)9-13-18-11-6-7-24-14(11)15(22)19-13/h4-8H,3,9H2,1-2H3,(H,17,20,23)(H,18,19,22). The zero-order valence-electron chi connectivity index (χ0n) is 13.4. The molecule has 2 N–H and O–H groups in total. The topological polar surface area (TPSA) is 91.0 Å². The van der Waals surface area contributed by atoms with Crippen LogP contribution in [0.15, 0.2) is 34.6 Å². The number of thiophene rings is 1. The number of anilines is 1. The largest absolute Gasteiger partial charge is 0.323 e. The van der Waals surface area contributed by atoms with Gasteiger partial charge in [-0.2, -0.15) is 0 Å². The van der Waals surface area contributed by atoms with Crippen molar-refractivity contribution in [2.75, 3.05) is 12.4 Å². The number of H-pyrrole nitrogens is 1. The summed E-state index contributed by atoms with van der Waals surface area (Å²) in [6.07, 6.45) is 2.63. The molecule has 0 aliphatic rings. The van der Waals surface area contributed by atoms with E-state index in [1.807, 2.05) is 18.4 Å². The molecule has 2 amide bonds. The number of aryl methyl sites for hydroxylation is 1. The van der Waals surface area contributed by atoms with Gasteiger partial charge >= 0.3 is 6.03 Å². The highest BCUT2D eigenvalue weighted by Gasteiger charge is 2.13. The molecular weight excluding hydrogens is 326 g/mol. The van der Waals surface area contributed by atoms with E-state index in [2.05, 4.69) is 20.3 Å². The average Bonchev–Trinajstić information content (AvgIpc) is 3.04. The Morgan fingerprint density at radius 2 is 2.21 bits per heavy atom. The number of nitrogens with zero attached hydrogens (tertiary/aromatic N) is 3. The number of aromatic amines is 1. The Kier molecular flexibility index (Phi) is 4.57. The summed E-state index contributed by atoms with van der Waals surface area (Å²) in [5, 5.41) is 4.54. The molecule has 0 saturated heterocycles. The van der Waals surface area contributed by atoms with Crippen molar-refractivity contribution in [1.29, 1.82) is 0 Å². The highest BCUT2D eigenvalue weighted by atomic mass is 32.1. The fourth-order valence-electron chi connectivity index (χ4n) is 2.21. The van der Waals surface area contributed by atoms with E-state index in [-0.39, 0.29) is 18.1 Å². The Hall–Kier alpha value is -2.74. The molecule has 0 radical (unpaired) electrons. The van der Waals surface area contributed by atoms with Gasteiger partial charge in [0.15, 0.2) is 0 Å². The number of pyridine rings is 1. The van der Waals surface area contributed by atoms with E-state index in [1.54, 1.807) is 25.4 Å². The van der Waals surface area contributed by atoms with Gasteiger partial charge in [0.25, 0.3) is 5.56 Å². The van der Waals surface area contributed by atoms with Crippen LogP contribution in [0.5, 0.6) is 0 Å². The third kappa shape index (κ3) is 3.43. The Morgan fingerprint density at radius 3 is 2.92 bits per heavy atom. The summed E-state index contributed by atoms with van der Waals surface area (Å²) in [6.45, 7) is 2.24. The van der Waals surface area contributed by atoms with Gasteiger partial charge in [0, 0.05) is 13.2 Å². The van der Waals surface area contributed by atoms with Crippen molar-refractivity contribution in [2.45, 2.75) is 19.9 Å². The Balaban J connectivity index is 1.69. The molecule has 0 fully saturated rings. The number of fused-ring (bicyclic) bond motifs is 1. The first kappa shape index (κ1) is 16.1. The normalized spacial score (nSPS) is 10.8. The van der Waals surface area contributed by atoms with Gasteiger partial charge in [0.1, 0.15) is 16.3 Å². The summed E-state index contributed by atoms with van der Waals surface area (Å²) < 4.78 is 0.589. The predicted octanol–water partition coefficient (Wildman–Crippen LogP) is 2.61. The molecule has 0 aliphatic heterocycles. The minimum Gasteiger partial charge on any atom is -0.320 e. The maximum Gasteiger partial charge on any atom is 0.323 e. The molecule has 3 rings (SSSR count). The molecule has 24 heavy (non-hydrogen) atoms. The molecule has 3 aromatic rings. The van der Waals surface area contributed by atoms with Crippen molar-refractivity contribution in [1.82, 2.24) is 19.9 Å². The molecule has 0 bridgehead atoms. The Morgan fingerprint density at radius 1 is 1.38 bits per heavy atom. The smallest absolute Gasteiger partial charge is 0.320 e. The lowest BCUT2D eigenvalue weighted by Crippen LogP contribution is -2.32. The molecule has 3 heterocycles. The summed E-state index contributed by atoms with van der Waals surface area (Å²) in [5.74, 6) is 0.927. The fourth-order valence-corrected chi connectivity index (χ4v) is 2.93. The molecule has 0 aromatic carbocycles. The summed E-state index contributed by atoms with van der Waals surface area (Å²) in [5.41, 5.74) is 1.56. The maximum absolute atomic E-state index is 12.2. The van der Waals surface area contributed by atoms with Crippen molar-refractivity contribution in [3.63, 3.8) is 0 Å². The van der Waals surface area contributed by atoms with Crippen LogP contribution in [0.2, 0.25) is 0 Å². The van der Waals surface area contributed by atoms with Gasteiger partial charge in [-0.3, -0.25) is 10.1 Å². The lowest BCUT2D eigenvalue weighted by Gasteiger charge is -2.17. The third-order valence-corrected chi connectivity index (χ3v) is 4.47. The lowest BCUT2D eigenvalue weighted by atomic mass is 10.2. The van der Waals surface area contributed by atoms with Crippen LogP contribution in [0.4, 0.5) is 10.6 Å². The number of rotatable bonds is 4. The minimum atomic E-state index is -0.320. The zero-order chi connectivity index (χ0) is 17.1. The number of aromatic nitrogens is 3. The monoisotopic (exact) mass is 343 g/mol. The van der Waals surface area contributed by atoms with Gasteiger partial charge in [-0.15, -0.1) is 11.3 Å². The number of nitrogens with one attached hydrogen (secondary N) is 2. The molecule has 8 heteroatoms. The van der Waals surface area contributed by atoms with Crippen LogP contribution < -0.4 is 10.9 Å². The molecule has 0 aliphatic carbocycles. The SMILES string of the molecule is CCc1ccc(NC(=O)N(C)Cc2nc3ccsc3c(=O)[nH]2)nc1. The summed E-state index contributed by atoms with van der Waals surface area (Å²) in [7, 11) is 1.63. The number of carbonyl (C=O) groups excluding carboxylic acids is 1. The number of carbonyl (C=O) groups is 1. The highest BCUT2D eigenvalue weighted by Crippen LogP contribution is 2.14. The van der Waals surface area contributed by atoms with Crippen molar-refractivity contribution >= 4 is 33.4 Å². The molecule has 124 valence electrons. The molecule has 3 aromatic heterocycles. The highest BCUT2D eigenvalue weighted by molar-refractivity contribution is 7.17. The molecule has 0 saturated carbocycles. The van der Waals surface area contributed by atoms with E-state index in [0.29, 0.717) is 21.9 Å². The van der Waals surface area contributed by atoms with Crippen molar-refractivity contribution in [3.05, 3.63) is 51.5 Å². The van der Waals surface area contributed by atoms with E-state index in [9.17, 15) is 9.59 Å². The third-order valence-electron chi connectivity index (χ3n) is 3.57. The second kappa shape index (κ2) is 6.79. The summed E-state index contributed by atoms with van der Waals surface area (Å²) in [4.78, 5) is 36.9. The fraction of sp³-hybridized carbons (Fsp3) is 0.250. The van der Waals surface area contributed by atoms with Crippen molar-refractivity contribution < 1.29 is 4.79 Å². The van der Waals surface area contributed by atoms with Crippen LogP contribution in [-0.4, -0.2) is 32.9 Å². The second-order valence-corrected chi connectivity index (χ2v) is 6.26. The number of hydrogen-bond acceptors (Lipinski definition) is 5. The average molecular weight is 343 g/mol. The van der Waals surface area contributed by atoms with Gasteiger partial charge < -0.3 is 9.88 Å². The molecule has 0 unspecified atom stereocenters. The van der Waals surface area contributed by atoms with Crippen LogP contribution in [0.25, 0.3) is 10.2 Å². The number of urea groups is 1. The van der Waals surface area contributed by atoms with Crippen LogP contribution in [0, 0.1) is 0 Å². The van der Waals surface area contributed by atoms with Crippen LogP contribution >= 0.6 is 11.3 Å². The summed E-state index contributed by atoms with van der Waals surface area (Å²) >= 11 is 1.35.